The molecule has 0 atom stereocenters. The summed E-state index contributed by atoms with van der Waals surface area (Å²) in [5.41, 5.74) is 9.21. The second kappa shape index (κ2) is 11.8. The molecule has 0 unspecified atom stereocenters. The molecule has 0 aliphatic rings. The molecule has 0 aliphatic carbocycles. The van der Waals surface area contributed by atoms with Crippen molar-refractivity contribution in [3.8, 4) is 67.5 Å². The molecule has 0 radical (unpaired) electrons. The molecule has 0 spiro atoms. The maximum atomic E-state index is 6.33. The van der Waals surface area contributed by atoms with Crippen LogP contribution in [0.2, 0.25) is 5.02 Å². The van der Waals surface area contributed by atoms with Crippen LogP contribution in [-0.2, 0) is 0 Å². The lowest BCUT2D eigenvalue weighted by atomic mass is 9.98. The number of hydrogen-bond donors (Lipinski definition) is 0. The zero-order valence-electron chi connectivity index (χ0n) is 23.2. The van der Waals surface area contributed by atoms with Crippen molar-refractivity contribution in [3.05, 3.63) is 163 Å². The standard InChI is InChI=1S/C39H26ClN3/c40-32-20-12-18-30(26-32)29-17-11-19-31(25-29)37-41-38(35-23-9-7-21-33(35)27-13-3-1-4-14-27)43-39(42-37)36-24-10-8-22-34(36)28-15-5-2-6-16-28/h1-26H. The van der Waals surface area contributed by atoms with Gasteiger partial charge >= 0.3 is 0 Å². The second-order valence-electron chi connectivity index (χ2n) is 10.2. The van der Waals surface area contributed by atoms with Crippen LogP contribution in [0.3, 0.4) is 0 Å². The van der Waals surface area contributed by atoms with Crippen LogP contribution in [0.5, 0.6) is 0 Å². The van der Waals surface area contributed by atoms with Crippen molar-refractivity contribution < 1.29 is 0 Å². The number of benzene rings is 6. The van der Waals surface area contributed by atoms with Crippen molar-refractivity contribution in [2.24, 2.45) is 0 Å². The number of aromatic nitrogens is 3. The lowest BCUT2D eigenvalue weighted by Gasteiger charge is -2.14. The summed E-state index contributed by atoms with van der Waals surface area (Å²) in [6.07, 6.45) is 0. The molecule has 7 rings (SSSR count). The Labute approximate surface area is 256 Å². The molecule has 0 bridgehead atoms. The quantitative estimate of drug-likeness (QED) is 0.199. The molecule has 1 heterocycles. The molecule has 7 aromatic rings. The Morgan fingerprint density at radius 1 is 0.302 bits per heavy atom. The Morgan fingerprint density at radius 2 is 0.698 bits per heavy atom. The van der Waals surface area contributed by atoms with Gasteiger partial charge in [0.25, 0.3) is 0 Å². The van der Waals surface area contributed by atoms with E-state index in [1.807, 2.05) is 91.0 Å². The highest BCUT2D eigenvalue weighted by atomic mass is 35.5. The number of halogens is 1. The number of nitrogens with zero attached hydrogens (tertiary/aromatic N) is 3. The fourth-order valence-corrected chi connectivity index (χ4v) is 5.54. The van der Waals surface area contributed by atoms with E-state index in [2.05, 4.69) is 66.7 Å². The Hall–Kier alpha value is -5.38. The minimum atomic E-state index is 0.606. The molecular weight excluding hydrogens is 546 g/mol. The normalized spacial score (nSPS) is 10.9. The van der Waals surface area contributed by atoms with E-state index in [-0.39, 0.29) is 0 Å². The average molecular weight is 572 g/mol. The maximum Gasteiger partial charge on any atom is 0.164 e. The van der Waals surface area contributed by atoms with Gasteiger partial charge in [0, 0.05) is 21.7 Å². The van der Waals surface area contributed by atoms with Gasteiger partial charge in [-0.25, -0.2) is 15.0 Å². The van der Waals surface area contributed by atoms with E-state index >= 15 is 0 Å². The summed E-state index contributed by atoms with van der Waals surface area (Å²) in [6, 6.07) is 53.4. The lowest BCUT2D eigenvalue weighted by molar-refractivity contribution is 1.07. The first-order valence-corrected chi connectivity index (χ1v) is 14.5. The summed E-state index contributed by atoms with van der Waals surface area (Å²) >= 11 is 6.33. The van der Waals surface area contributed by atoms with Crippen LogP contribution in [0.15, 0.2) is 158 Å². The molecule has 0 N–H and O–H groups in total. The van der Waals surface area contributed by atoms with Crippen molar-refractivity contribution in [1.29, 1.82) is 0 Å². The van der Waals surface area contributed by atoms with Crippen molar-refractivity contribution in [2.45, 2.75) is 0 Å². The lowest BCUT2D eigenvalue weighted by Crippen LogP contribution is -2.02. The zero-order chi connectivity index (χ0) is 29.0. The largest absolute Gasteiger partial charge is 0.208 e. The van der Waals surface area contributed by atoms with Crippen LogP contribution in [0.25, 0.3) is 67.5 Å². The smallest absolute Gasteiger partial charge is 0.164 e. The summed E-state index contributed by atoms with van der Waals surface area (Å²) in [4.78, 5) is 15.3. The maximum absolute atomic E-state index is 6.33. The van der Waals surface area contributed by atoms with E-state index in [1.54, 1.807) is 0 Å². The summed E-state index contributed by atoms with van der Waals surface area (Å²) in [7, 11) is 0. The third-order valence-electron chi connectivity index (χ3n) is 7.42. The monoisotopic (exact) mass is 571 g/mol. The summed E-state index contributed by atoms with van der Waals surface area (Å²) in [5, 5.41) is 0.697. The highest BCUT2D eigenvalue weighted by Crippen LogP contribution is 2.35. The summed E-state index contributed by atoms with van der Waals surface area (Å²) < 4.78 is 0. The molecule has 3 nitrogen and oxygen atoms in total. The molecule has 0 saturated carbocycles. The predicted octanol–water partition coefficient (Wildman–Crippen LogP) is 10.5. The van der Waals surface area contributed by atoms with Crippen LogP contribution >= 0.6 is 11.6 Å². The minimum absolute atomic E-state index is 0.606. The van der Waals surface area contributed by atoms with Crippen molar-refractivity contribution in [1.82, 2.24) is 15.0 Å². The Bertz CT molecular complexity index is 1940. The first-order chi connectivity index (χ1) is 21.2. The minimum Gasteiger partial charge on any atom is -0.208 e. The van der Waals surface area contributed by atoms with Crippen LogP contribution in [0.1, 0.15) is 0 Å². The second-order valence-corrected chi connectivity index (χ2v) is 10.7. The highest BCUT2D eigenvalue weighted by molar-refractivity contribution is 6.30. The van der Waals surface area contributed by atoms with Gasteiger partial charge in [-0.2, -0.15) is 0 Å². The summed E-state index contributed by atoms with van der Waals surface area (Å²) in [5.74, 6) is 1.85. The fourth-order valence-electron chi connectivity index (χ4n) is 5.35. The predicted molar refractivity (Wildman–Crippen MR) is 177 cm³/mol. The molecule has 0 saturated heterocycles. The third-order valence-corrected chi connectivity index (χ3v) is 7.65. The molecule has 1 aromatic heterocycles. The summed E-state index contributed by atoms with van der Waals surface area (Å²) in [6.45, 7) is 0. The molecule has 0 fully saturated rings. The average Bonchev–Trinajstić information content (AvgIpc) is 3.09. The van der Waals surface area contributed by atoms with E-state index in [0.717, 1.165) is 50.1 Å². The van der Waals surface area contributed by atoms with Gasteiger partial charge in [-0.3, -0.25) is 0 Å². The first kappa shape index (κ1) is 26.5. The van der Waals surface area contributed by atoms with Crippen LogP contribution in [-0.4, -0.2) is 15.0 Å². The van der Waals surface area contributed by atoms with Crippen LogP contribution in [0, 0.1) is 0 Å². The van der Waals surface area contributed by atoms with Crippen molar-refractivity contribution >= 4 is 11.6 Å². The molecular formula is C39H26ClN3. The van der Waals surface area contributed by atoms with Gasteiger partial charge in [-0.05, 0) is 51.6 Å². The van der Waals surface area contributed by atoms with Crippen LogP contribution in [0.4, 0.5) is 0 Å². The number of rotatable bonds is 6. The van der Waals surface area contributed by atoms with E-state index in [9.17, 15) is 0 Å². The highest BCUT2D eigenvalue weighted by Gasteiger charge is 2.18. The van der Waals surface area contributed by atoms with E-state index in [0.29, 0.717) is 22.5 Å². The molecule has 204 valence electrons. The van der Waals surface area contributed by atoms with Gasteiger partial charge in [-0.15, -0.1) is 0 Å². The molecule has 6 aromatic carbocycles. The van der Waals surface area contributed by atoms with Crippen LogP contribution < -0.4 is 0 Å². The molecule has 0 amide bonds. The topological polar surface area (TPSA) is 38.7 Å². The van der Waals surface area contributed by atoms with E-state index in [4.69, 9.17) is 26.6 Å². The molecule has 0 aliphatic heterocycles. The van der Waals surface area contributed by atoms with Gasteiger partial charge in [0.2, 0.25) is 0 Å². The molecule has 4 heteroatoms. The molecule has 43 heavy (non-hydrogen) atoms. The Balaban J connectivity index is 1.45. The first-order valence-electron chi connectivity index (χ1n) is 14.1. The van der Waals surface area contributed by atoms with Gasteiger partial charge < -0.3 is 0 Å². The fraction of sp³-hybridized carbons (Fsp3) is 0. The third kappa shape index (κ3) is 5.59. The van der Waals surface area contributed by atoms with Gasteiger partial charge in [-0.1, -0.05) is 151 Å². The van der Waals surface area contributed by atoms with Gasteiger partial charge in [0.1, 0.15) is 0 Å². The van der Waals surface area contributed by atoms with Crippen molar-refractivity contribution in [3.63, 3.8) is 0 Å². The van der Waals surface area contributed by atoms with Crippen molar-refractivity contribution in [2.75, 3.05) is 0 Å². The zero-order valence-corrected chi connectivity index (χ0v) is 24.0. The Kier molecular flexibility index (Phi) is 7.31. The van der Waals surface area contributed by atoms with E-state index in [1.165, 1.54) is 0 Å². The SMILES string of the molecule is Clc1cccc(-c2cccc(-c3nc(-c4ccccc4-c4ccccc4)nc(-c4ccccc4-c4ccccc4)n3)c2)c1. The number of hydrogen-bond acceptors (Lipinski definition) is 3. The van der Waals surface area contributed by atoms with E-state index < -0.39 is 0 Å². The Morgan fingerprint density at radius 3 is 1.23 bits per heavy atom. The van der Waals surface area contributed by atoms with Gasteiger partial charge in [0.05, 0.1) is 0 Å². The van der Waals surface area contributed by atoms with Gasteiger partial charge in [0.15, 0.2) is 17.5 Å².